The van der Waals surface area contributed by atoms with Gasteiger partial charge in [-0.3, -0.25) is 0 Å². The maximum absolute atomic E-state index is 2.40. The third-order valence-electron chi connectivity index (χ3n) is 5.12. The van der Waals surface area contributed by atoms with Crippen LogP contribution in [-0.4, -0.2) is 0 Å². The van der Waals surface area contributed by atoms with Crippen LogP contribution in [0, 0.1) is 0 Å². The van der Waals surface area contributed by atoms with Crippen molar-refractivity contribution in [3.8, 4) is 0 Å². The predicted octanol–water partition coefficient (Wildman–Crippen LogP) is 10.4. The van der Waals surface area contributed by atoms with Gasteiger partial charge in [0.1, 0.15) is 0 Å². The summed E-state index contributed by atoms with van der Waals surface area (Å²) < 4.78 is 0. The lowest BCUT2D eigenvalue weighted by atomic mass is 10.1. The second-order valence-electron chi connectivity index (χ2n) is 9.23. The van der Waals surface area contributed by atoms with Crippen molar-refractivity contribution in [1.29, 1.82) is 0 Å². The molecule has 0 aromatic carbocycles. The zero-order chi connectivity index (χ0) is 22.8. The van der Waals surface area contributed by atoms with E-state index in [2.05, 4.69) is 104 Å². The Balaban J connectivity index is 4.21. The van der Waals surface area contributed by atoms with Crippen molar-refractivity contribution in [2.45, 2.75) is 107 Å². The first-order valence-electron chi connectivity index (χ1n) is 11.8. The molecule has 0 nitrogen and oxygen atoms in total. The molecule has 0 amide bonds. The molecule has 0 N–H and O–H groups in total. The average Bonchev–Trinajstić information content (AvgIpc) is 2.64. The second kappa shape index (κ2) is 18.0. The molecule has 30 heavy (non-hydrogen) atoms. The lowest BCUT2D eigenvalue weighted by molar-refractivity contribution is 0.918. The van der Waals surface area contributed by atoms with Gasteiger partial charge in [0.15, 0.2) is 0 Å². The Bertz CT molecular complexity index is 616. The van der Waals surface area contributed by atoms with Crippen molar-refractivity contribution in [3.05, 3.63) is 82.0 Å². The standard InChI is InChI=1S/C30H48/c1-25(2)15-11-19-29(7)23-13-21-27(5)17-9-10-18-28(6)22-14-24-30(8)20-12-16-26(3)4/h9-10,15-18,23-24H,11-14,19-22H2,1-8H3/b10-9?,27-17+,28-18?,29-23?,30-24?. The van der Waals surface area contributed by atoms with Gasteiger partial charge in [0.05, 0.1) is 0 Å². The predicted molar refractivity (Wildman–Crippen MR) is 140 cm³/mol. The topological polar surface area (TPSA) is 0 Å². The Labute approximate surface area is 188 Å². The number of hydrogen-bond acceptors (Lipinski definition) is 0. The van der Waals surface area contributed by atoms with E-state index in [-0.39, 0.29) is 0 Å². The monoisotopic (exact) mass is 408 g/mol. The fraction of sp³-hybridized carbons (Fsp3) is 0.533. The summed E-state index contributed by atoms with van der Waals surface area (Å²) >= 11 is 0. The molecule has 0 aliphatic carbocycles. The summed E-state index contributed by atoms with van der Waals surface area (Å²) in [6, 6.07) is 0. The molecule has 168 valence electrons. The number of allylic oxidation sites excluding steroid dienone is 14. The minimum Gasteiger partial charge on any atom is -0.0856 e. The lowest BCUT2D eigenvalue weighted by Gasteiger charge is -2.01. The summed E-state index contributed by atoms with van der Waals surface area (Å²) in [7, 11) is 0. The Morgan fingerprint density at radius 1 is 0.400 bits per heavy atom. The van der Waals surface area contributed by atoms with Gasteiger partial charge in [-0.05, 0) is 107 Å². The van der Waals surface area contributed by atoms with Gasteiger partial charge >= 0.3 is 0 Å². The third-order valence-corrected chi connectivity index (χ3v) is 5.12. The Morgan fingerprint density at radius 3 is 1.03 bits per heavy atom. The van der Waals surface area contributed by atoms with Gasteiger partial charge in [-0.25, -0.2) is 0 Å². The van der Waals surface area contributed by atoms with Gasteiger partial charge in [0, 0.05) is 0 Å². The summed E-state index contributed by atoms with van der Waals surface area (Å²) in [5, 5.41) is 0. The van der Waals surface area contributed by atoms with Gasteiger partial charge < -0.3 is 0 Å². The van der Waals surface area contributed by atoms with Crippen LogP contribution >= 0.6 is 0 Å². The highest BCUT2D eigenvalue weighted by molar-refractivity contribution is 5.19. The van der Waals surface area contributed by atoms with Crippen LogP contribution in [0.3, 0.4) is 0 Å². The Hall–Kier alpha value is -1.82. The van der Waals surface area contributed by atoms with Gasteiger partial charge in [-0.2, -0.15) is 0 Å². The first kappa shape index (κ1) is 28.2. The van der Waals surface area contributed by atoms with Crippen LogP contribution < -0.4 is 0 Å². The van der Waals surface area contributed by atoms with Crippen molar-refractivity contribution < 1.29 is 0 Å². The van der Waals surface area contributed by atoms with Crippen LogP contribution in [0.25, 0.3) is 0 Å². The van der Waals surface area contributed by atoms with Gasteiger partial charge in [-0.1, -0.05) is 82.0 Å². The van der Waals surface area contributed by atoms with Crippen molar-refractivity contribution in [2.24, 2.45) is 0 Å². The van der Waals surface area contributed by atoms with Crippen LogP contribution in [0.15, 0.2) is 82.0 Å². The van der Waals surface area contributed by atoms with E-state index in [4.69, 9.17) is 0 Å². The molecule has 0 unspecified atom stereocenters. The fourth-order valence-corrected chi connectivity index (χ4v) is 3.08. The van der Waals surface area contributed by atoms with E-state index in [9.17, 15) is 0 Å². The molecule has 0 spiro atoms. The second-order valence-corrected chi connectivity index (χ2v) is 9.23. The largest absolute Gasteiger partial charge is 0.0856 e. The number of rotatable bonds is 14. The molecule has 0 saturated carbocycles. The van der Waals surface area contributed by atoms with Crippen LogP contribution in [-0.2, 0) is 0 Å². The third kappa shape index (κ3) is 19.5. The van der Waals surface area contributed by atoms with E-state index < -0.39 is 0 Å². The lowest BCUT2D eigenvalue weighted by Crippen LogP contribution is -1.80. The van der Waals surface area contributed by atoms with Crippen molar-refractivity contribution in [2.75, 3.05) is 0 Å². The first-order valence-corrected chi connectivity index (χ1v) is 11.8. The Kier molecular flexibility index (Phi) is 16.9. The van der Waals surface area contributed by atoms with Gasteiger partial charge in [0.25, 0.3) is 0 Å². The zero-order valence-corrected chi connectivity index (χ0v) is 21.3. The summed E-state index contributed by atoms with van der Waals surface area (Å²) in [6.07, 6.45) is 27.6. The van der Waals surface area contributed by atoms with Crippen LogP contribution in [0.5, 0.6) is 0 Å². The maximum Gasteiger partial charge on any atom is -0.0285 e. The highest BCUT2D eigenvalue weighted by Gasteiger charge is 1.92. The molecule has 0 aromatic heterocycles. The van der Waals surface area contributed by atoms with E-state index in [0.717, 1.165) is 25.7 Å². The fourth-order valence-electron chi connectivity index (χ4n) is 3.08. The molecule has 0 atom stereocenters. The molecule has 0 bridgehead atoms. The Morgan fingerprint density at radius 2 is 0.700 bits per heavy atom. The molecule has 0 aromatic rings. The molecule has 0 aliphatic rings. The van der Waals surface area contributed by atoms with Gasteiger partial charge in [0.2, 0.25) is 0 Å². The highest BCUT2D eigenvalue weighted by atomic mass is 14.0. The molecule has 0 rings (SSSR count). The molecule has 0 heteroatoms. The van der Waals surface area contributed by atoms with Crippen molar-refractivity contribution >= 4 is 0 Å². The van der Waals surface area contributed by atoms with E-state index >= 15 is 0 Å². The minimum atomic E-state index is 1.14. The summed E-state index contributed by atoms with van der Waals surface area (Å²) in [6.45, 7) is 17.7. The molecular formula is C30H48. The smallest absolute Gasteiger partial charge is 0.0285 e. The van der Waals surface area contributed by atoms with E-state index in [1.807, 2.05) is 0 Å². The van der Waals surface area contributed by atoms with Crippen LogP contribution in [0.2, 0.25) is 0 Å². The maximum atomic E-state index is 2.40. The SMILES string of the molecule is CC(C)=CCCC(C)=CCCC(C)=CC=C/C=C(\C)CCC=C(C)CCC=C(C)C. The van der Waals surface area contributed by atoms with E-state index in [0.29, 0.717) is 0 Å². The number of hydrogen-bond donors (Lipinski definition) is 0. The van der Waals surface area contributed by atoms with E-state index in [1.165, 1.54) is 59.1 Å². The van der Waals surface area contributed by atoms with Crippen LogP contribution in [0.4, 0.5) is 0 Å². The molecule has 0 radical (unpaired) electrons. The normalized spacial score (nSPS) is 13.7. The summed E-state index contributed by atoms with van der Waals surface area (Å²) in [5.74, 6) is 0. The van der Waals surface area contributed by atoms with Crippen LogP contribution in [0.1, 0.15) is 107 Å². The molecule has 0 aliphatic heterocycles. The van der Waals surface area contributed by atoms with Gasteiger partial charge in [-0.15, -0.1) is 0 Å². The highest BCUT2D eigenvalue weighted by Crippen LogP contribution is 2.13. The molecule has 0 heterocycles. The van der Waals surface area contributed by atoms with E-state index in [1.54, 1.807) is 0 Å². The van der Waals surface area contributed by atoms with Crippen molar-refractivity contribution in [3.63, 3.8) is 0 Å². The summed E-state index contributed by atoms with van der Waals surface area (Å²) in [5.41, 5.74) is 8.74. The minimum absolute atomic E-state index is 1.14. The molecule has 0 saturated heterocycles. The van der Waals surface area contributed by atoms with Crippen molar-refractivity contribution in [1.82, 2.24) is 0 Å². The quantitative estimate of drug-likeness (QED) is 0.198. The zero-order valence-electron chi connectivity index (χ0n) is 21.3. The summed E-state index contributed by atoms with van der Waals surface area (Å²) in [4.78, 5) is 0. The molecule has 0 fully saturated rings. The average molecular weight is 409 g/mol. The molecular weight excluding hydrogens is 360 g/mol. The first-order chi connectivity index (χ1) is 14.2.